The van der Waals surface area contributed by atoms with Crippen LogP contribution < -0.4 is 10.7 Å². The molecule has 0 aliphatic carbocycles. The molecule has 0 spiro atoms. The lowest BCUT2D eigenvalue weighted by molar-refractivity contribution is -0.119. The van der Waals surface area contributed by atoms with Crippen LogP contribution in [-0.2, 0) is 4.79 Å². The summed E-state index contributed by atoms with van der Waals surface area (Å²) in [6.07, 6.45) is 1.31. The monoisotopic (exact) mass is 415 g/mol. The molecule has 0 unspecified atom stereocenters. The number of anilines is 1. The zero-order valence-electron chi connectivity index (χ0n) is 14.9. The highest BCUT2D eigenvalue weighted by molar-refractivity contribution is 6.33. The van der Waals surface area contributed by atoms with E-state index < -0.39 is 11.9 Å². The molecule has 0 saturated heterocycles. The van der Waals surface area contributed by atoms with Gasteiger partial charge < -0.3 is 14.8 Å². The van der Waals surface area contributed by atoms with Crippen molar-refractivity contribution in [1.29, 1.82) is 0 Å². The normalized spacial score (nSPS) is 10.8. The van der Waals surface area contributed by atoms with Gasteiger partial charge in [-0.1, -0.05) is 11.6 Å². The third kappa shape index (κ3) is 5.43. The summed E-state index contributed by atoms with van der Waals surface area (Å²) in [5.74, 6) is -1.11. The summed E-state index contributed by atoms with van der Waals surface area (Å²) in [7, 11) is 0. The first-order valence-corrected chi connectivity index (χ1v) is 8.74. The molecule has 0 radical (unpaired) electrons. The molecule has 148 valence electrons. The van der Waals surface area contributed by atoms with Crippen LogP contribution in [0.5, 0.6) is 0 Å². The van der Waals surface area contributed by atoms with Crippen molar-refractivity contribution in [3.05, 3.63) is 76.8 Å². The summed E-state index contributed by atoms with van der Waals surface area (Å²) in [6, 6.07) is 13.4. The molecule has 0 fully saturated rings. The molecule has 3 N–H and O–H groups in total. The number of nitrogens with zero attached hydrogens (tertiary/aromatic N) is 1. The van der Waals surface area contributed by atoms with Gasteiger partial charge in [-0.3, -0.25) is 4.79 Å². The van der Waals surface area contributed by atoms with Crippen molar-refractivity contribution < 1.29 is 23.5 Å². The molecule has 1 heterocycles. The second kappa shape index (κ2) is 9.03. The molecule has 1 aromatic heterocycles. The molecule has 2 aromatic carbocycles. The predicted molar refractivity (Wildman–Crippen MR) is 107 cm³/mol. The third-order valence-corrected chi connectivity index (χ3v) is 4.12. The summed E-state index contributed by atoms with van der Waals surface area (Å²) < 4.78 is 18.4. The van der Waals surface area contributed by atoms with Gasteiger partial charge in [-0.15, -0.1) is 0 Å². The number of halogens is 2. The van der Waals surface area contributed by atoms with Crippen LogP contribution in [0.2, 0.25) is 5.02 Å². The predicted octanol–water partition coefficient (Wildman–Crippen LogP) is 4.00. The number of carboxylic acid groups (broad SMARTS) is 1. The van der Waals surface area contributed by atoms with Gasteiger partial charge in [0.2, 0.25) is 0 Å². The average molecular weight is 416 g/mol. The van der Waals surface area contributed by atoms with Gasteiger partial charge in [0.15, 0.2) is 0 Å². The number of hydrazone groups is 1. The highest BCUT2D eigenvalue weighted by Gasteiger charge is 2.12. The Kier molecular flexibility index (Phi) is 6.25. The lowest BCUT2D eigenvalue weighted by atomic mass is 10.1. The number of carbonyl (C=O) groups is 2. The fraction of sp³-hybridized carbons (Fsp3) is 0.0500. The molecule has 7 nitrogen and oxygen atoms in total. The van der Waals surface area contributed by atoms with Crippen molar-refractivity contribution in [3.8, 4) is 11.3 Å². The topological polar surface area (TPSA) is 104 Å². The van der Waals surface area contributed by atoms with Crippen LogP contribution in [0, 0.1) is 5.82 Å². The summed E-state index contributed by atoms with van der Waals surface area (Å²) in [5.41, 5.74) is 3.44. The van der Waals surface area contributed by atoms with Gasteiger partial charge in [-0.2, -0.15) is 5.10 Å². The summed E-state index contributed by atoms with van der Waals surface area (Å²) in [6.45, 7) is -0.0465. The Balaban J connectivity index is 1.56. The fourth-order valence-electron chi connectivity index (χ4n) is 2.38. The Bertz CT molecular complexity index is 1060. The minimum atomic E-state index is -1.14. The molecule has 0 atom stereocenters. The number of furan rings is 1. The number of aromatic carboxylic acids is 1. The van der Waals surface area contributed by atoms with E-state index in [1.807, 2.05) is 0 Å². The second-order valence-corrected chi connectivity index (χ2v) is 6.26. The van der Waals surface area contributed by atoms with Crippen LogP contribution in [-0.4, -0.2) is 29.7 Å². The largest absolute Gasteiger partial charge is 0.478 e. The molecule has 29 heavy (non-hydrogen) atoms. The zero-order valence-corrected chi connectivity index (χ0v) is 15.6. The van der Waals surface area contributed by atoms with Crippen LogP contribution in [0.15, 0.2) is 64.1 Å². The average Bonchev–Trinajstić information content (AvgIpc) is 3.16. The maximum atomic E-state index is 12.8. The van der Waals surface area contributed by atoms with Gasteiger partial charge in [0, 0.05) is 11.3 Å². The van der Waals surface area contributed by atoms with E-state index in [4.69, 9.17) is 21.1 Å². The van der Waals surface area contributed by atoms with E-state index in [0.717, 1.165) is 0 Å². The van der Waals surface area contributed by atoms with E-state index in [1.54, 1.807) is 18.2 Å². The van der Waals surface area contributed by atoms with Gasteiger partial charge >= 0.3 is 5.97 Å². The van der Waals surface area contributed by atoms with Crippen LogP contribution in [0.1, 0.15) is 16.1 Å². The van der Waals surface area contributed by atoms with E-state index in [2.05, 4.69) is 15.8 Å². The Morgan fingerprint density at radius 1 is 1.14 bits per heavy atom. The van der Waals surface area contributed by atoms with Crippen molar-refractivity contribution >= 4 is 35.4 Å². The number of amides is 1. The Labute approximate surface area is 169 Å². The lowest BCUT2D eigenvalue weighted by Gasteiger charge is -2.04. The first-order chi connectivity index (χ1) is 13.9. The third-order valence-electron chi connectivity index (χ3n) is 3.79. The number of benzene rings is 2. The SMILES string of the molecule is O=C(CNc1ccc(F)cc1)N/N=C\c1ccc(-c2ccc(Cl)c(C(=O)O)c2)o1. The van der Waals surface area contributed by atoms with Gasteiger partial charge in [-0.25, -0.2) is 14.6 Å². The van der Waals surface area contributed by atoms with Crippen molar-refractivity contribution in [3.63, 3.8) is 0 Å². The molecular formula is C20H15ClFN3O4. The van der Waals surface area contributed by atoms with Crippen molar-refractivity contribution in [2.75, 3.05) is 11.9 Å². The van der Waals surface area contributed by atoms with Gasteiger partial charge in [0.25, 0.3) is 5.91 Å². The smallest absolute Gasteiger partial charge is 0.337 e. The van der Waals surface area contributed by atoms with Crippen molar-refractivity contribution in [2.45, 2.75) is 0 Å². The van der Waals surface area contributed by atoms with Crippen molar-refractivity contribution in [1.82, 2.24) is 5.43 Å². The molecule has 0 saturated carbocycles. The van der Waals surface area contributed by atoms with E-state index >= 15 is 0 Å². The summed E-state index contributed by atoms with van der Waals surface area (Å²) in [5, 5.41) is 15.9. The van der Waals surface area contributed by atoms with Crippen LogP contribution in [0.4, 0.5) is 10.1 Å². The first-order valence-electron chi connectivity index (χ1n) is 8.37. The molecule has 9 heteroatoms. The highest BCUT2D eigenvalue weighted by Crippen LogP contribution is 2.26. The summed E-state index contributed by atoms with van der Waals surface area (Å²) in [4.78, 5) is 22.9. The molecule has 0 bridgehead atoms. The molecule has 0 aliphatic heterocycles. The molecule has 0 aliphatic rings. The first kappa shape index (κ1) is 20.1. The number of rotatable bonds is 7. The number of hydrogen-bond acceptors (Lipinski definition) is 5. The second-order valence-electron chi connectivity index (χ2n) is 5.86. The summed E-state index contributed by atoms with van der Waals surface area (Å²) >= 11 is 5.86. The standard InChI is InChI=1S/C20H15ClFN3O4/c21-17-7-1-12(9-16(17)20(27)28)18-8-6-15(29-18)10-24-25-19(26)11-23-14-4-2-13(22)3-5-14/h1-10,23H,11H2,(H,25,26)(H,27,28)/b24-10-. The highest BCUT2D eigenvalue weighted by atomic mass is 35.5. The minimum Gasteiger partial charge on any atom is -0.478 e. The van der Waals surface area contributed by atoms with Gasteiger partial charge in [0.1, 0.15) is 17.3 Å². The Morgan fingerprint density at radius 3 is 2.62 bits per heavy atom. The number of nitrogens with one attached hydrogen (secondary N) is 2. The van der Waals surface area contributed by atoms with E-state index in [-0.39, 0.29) is 22.9 Å². The quantitative estimate of drug-likeness (QED) is 0.399. The van der Waals surface area contributed by atoms with Gasteiger partial charge in [-0.05, 0) is 54.6 Å². The molecule has 3 rings (SSSR count). The molecule has 1 amide bonds. The van der Waals surface area contributed by atoms with Crippen LogP contribution in [0.25, 0.3) is 11.3 Å². The number of carbonyl (C=O) groups excluding carboxylic acids is 1. The lowest BCUT2D eigenvalue weighted by Crippen LogP contribution is -2.25. The van der Waals surface area contributed by atoms with Crippen molar-refractivity contribution in [2.24, 2.45) is 5.10 Å². The fourth-order valence-corrected chi connectivity index (χ4v) is 2.58. The van der Waals surface area contributed by atoms with E-state index in [1.165, 1.54) is 42.6 Å². The molecular weight excluding hydrogens is 401 g/mol. The van der Waals surface area contributed by atoms with E-state index in [9.17, 15) is 14.0 Å². The van der Waals surface area contributed by atoms with Crippen LogP contribution in [0.3, 0.4) is 0 Å². The number of hydrogen-bond donors (Lipinski definition) is 3. The zero-order chi connectivity index (χ0) is 20.8. The maximum absolute atomic E-state index is 12.8. The van der Waals surface area contributed by atoms with Crippen LogP contribution >= 0.6 is 11.6 Å². The van der Waals surface area contributed by atoms with Gasteiger partial charge in [0.05, 0.1) is 23.3 Å². The Hall–Kier alpha value is -3.65. The maximum Gasteiger partial charge on any atom is 0.337 e. The minimum absolute atomic E-state index is 0.0308. The number of carboxylic acids is 1. The molecule has 3 aromatic rings. The van der Waals surface area contributed by atoms with E-state index in [0.29, 0.717) is 22.8 Å². The Morgan fingerprint density at radius 2 is 1.90 bits per heavy atom.